The van der Waals surface area contributed by atoms with E-state index in [1.54, 1.807) is 26.8 Å². The number of benzene rings is 2. The summed E-state index contributed by atoms with van der Waals surface area (Å²) in [6, 6.07) is 12.3. The van der Waals surface area contributed by atoms with Crippen molar-refractivity contribution in [3.8, 4) is 0 Å². The topological polar surface area (TPSA) is 89.6 Å². The molecule has 0 amide bonds. The zero-order valence-electron chi connectivity index (χ0n) is 14.2. The molecule has 128 valence electrons. The summed E-state index contributed by atoms with van der Waals surface area (Å²) in [5, 5.41) is 10.9. The standard InChI is InChI=1S/C19H23NO4/c1-19(2,3)24-18(23)17(15(20)11-16(21)22)14-10-6-8-12-7-4-5-9-13(12)14/h4-10,15,17H,11,20H2,1-3H3,(H,21,22)/t15-,17?/m0/s1. The SMILES string of the molecule is CC(C)(C)OC(=O)C(c1cccc2ccccc12)[C@@H](N)CC(=O)O. The Morgan fingerprint density at radius 1 is 1.12 bits per heavy atom. The summed E-state index contributed by atoms with van der Waals surface area (Å²) < 4.78 is 5.49. The first-order valence-electron chi connectivity index (χ1n) is 7.87. The van der Waals surface area contributed by atoms with Crippen LogP contribution in [-0.2, 0) is 14.3 Å². The predicted octanol–water partition coefficient (Wildman–Crippen LogP) is 3.07. The number of carboxylic acid groups (broad SMARTS) is 1. The average molecular weight is 329 g/mol. The van der Waals surface area contributed by atoms with E-state index in [1.807, 2.05) is 36.4 Å². The van der Waals surface area contributed by atoms with Gasteiger partial charge in [-0.05, 0) is 37.1 Å². The maximum absolute atomic E-state index is 12.7. The van der Waals surface area contributed by atoms with E-state index in [-0.39, 0.29) is 6.42 Å². The lowest BCUT2D eigenvalue weighted by atomic mass is 9.86. The Morgan fingerprint density at radius 2 is 1.75 bits per heavy atom. The van der Waals surface area contributed by atoms with Crippen molar-refractivity contribution >= 4 is 22.7 Å². The second-order valence-electron chi connectivity index (χ2n) is 6.84. The van der Waals surface area contributed by atoms with E-state index in [0.717, 1.165) is 10.8 Å². The first-order chi connectivity index (χ1) is 11.2. The minimum absolute atomic E-state index is 0.312. The molecule has 0 fully saturated rings. The third kappa shape index (κ3) is 4.32. The fraction of sp³-hybridized carbons (Fsp3) is 0.368. The summed E-state index contributed by atoms with van der Waals surface area (Å²) in [5.41, 5.74) is 6.09. The Morgan fingerprint density at radius 3 is 2.38 bits per heavy atom. The van der Waals surface area contributed by atoms with Crippen LogP contribution in [0.1, 0.15) is 38.7 Å². The number of carboxylic acids is 1. The van der Waals surface area contributed by atoms with Gasteiger partial charge >= 0.3 is 11.9 Å². The van der Waals surface area contributed by atoms with Gasteiger partial charge in [-0.2, -0.15) is 0 Å². The van der Waals surface area contributed by atoms with Gasteiger partial charge in [0.1, 0.15) is 5.60 Å². The smallest absolute Gasteiger partial charge is 0.315 e. The normalized spacial score (nSPS) is 14.2. The Hall–Kier alpha value is -2.40. The van der Waals surface area contributed by atoms with Crippen molar-refractivity contribution in [3.05, 3.63) is 48.0 Å². The molecule has 0 spiro atoms. The molecule has 2 rings (SSSR count). The van der Waals surface area contributed by atoms with Crippen molar-refractivity contribution in [1.82, 2.24) is 0 Å². The fourth-order valence-electron chi connectivity index (χ4n) is 2.74. The molecule has 2 aromatic rings. The molecule has 0 saturated heterocycles. The summed E-state index contributed by atoms with van der Waals surface area (Å²) in [4.78, 5) is 23.8. The van der Waals surface area contributed by atoms with Crippen LogP contribution in [0.4, 0.5) is 0 Å². The molecule has 2 aromatic carbocycles. The monoisotopic (exact) mass is 329 g/mol. The number of aliphatic carboxylic acids is 1. The van der Waals surface area contributed by atoms with Gasteiger partial charge in [-0.25, -0.2) is 0 Å². The van der Waals surface area contributed by atoms with Crippen LogP contribution in [0, 0.1) is 0 Å². The van der Waals surface area contributed by atoms with Gasteiger partial charge in [-0.1, -0.05) is 42.5 Å². The molecule has 0 bridgehead atoms. The third-order valence-corrected chi connectivity index (χ3v) is 3.66. The summed E-state index contributed by atoms with van der Waals surface area (Å²) in [6.07, 6.45) is -0.312. The first-order valence-corrected chi connectivity index (χ1v) is 7.87. The van der Waals surface area contributed by atoms with Gasteiger partial charge in [0, 0.05) is 6.04 Å². The summed E-state index contributed by atoms with van der Waals surface area (Å²) in [7, 11) is 0. The molecular formula is C19H23NO4. The molecule has 0 radical (unpaired) electrons. The Labute approximate surface area is 141 Å². The van der Waals surface area contributed by atoms with Gasteiger partial charge < -0.3 is 15.6 Å². The van der Waals surface area contributed by atoms with Gasteiger partial charge in [0.2, 0.25) is 0 Å². The summed E-state index contributed by atoms with van der Waals surface area (Å²) in [6.45, 7) is 5.31. The molecule has 0 saturated carbocycles. The van der Waals surface area contributed by atoms with E-state index in [0.29, 0.717) is 5.56 Å². The van der Waals surface area contributed by atoms with Crippen molar-refractivity contribution in [1.29, 1.82) is 0 Å². The Kier molecular flexibility index (Phi) is 5.24. The van der Waals surface area contributed by atoms with Crippen LogP contribution in [0.5, 0.6) is 0 Å². The van der Waals surface area contributed by atoms with Gasteiger partial charge in [0.05, 0.1) is 12.3 Å². The van der Waals surface area contributed by atoms with Crippen molar-refractivity contribution in [2.75, 3.05) is 0 Å². The van der Waals surface area contributed by atoms with Gasteiger partial charge in [-0.15, -0.1) is 0 Å². The molecule has 3 N–H and O–H groups in total. The first kappa shape index (κ1) is 17.9. The van der Waals surface area contributed by atoms with Crippen molar-refractivity contribution in [2.45, 2.75) is 44.8 Å². The highest BCUT2D eigenvalue weighted by atomic mass is 16.6. The average Bonchev–Trinajstić information content (AvgIpc) is 2.45. The number of carbonyl (C=O) groups is 2. The lowest BCUT2D eigenvalue weighted by Crippen LogP contribution is -2.39. The third-order valence-electron chi connectivity index (χ3n) is 3.66. The Bertz CT molecular complexity index is 743. The van der Waals surface area contributed by atoms with Crippen molar-refractivity contribution in [2.24, 2.45) is 5.73 Å². The fourth-order valence-corrected chi connectivity index (χ4v) is 2.74. The number of rotatable bonds is 5. The molecular weight excluding hydrogens is 306 g/mol. The van der Waals surface area contributed by atoms with E-state index < -0.39 is 29.5 Å². The highest BCUT2D eigenvalue weighted by Crippen LogP contribution is 2.30. The molecule has 0 aliphatic heterocycles. The maximum Gasteiger partial charge on any atom is 0.315 e. The molecule has 0 heterocycles. The zero-order valence-corrected chi connectivity index (χ0v) is 14.2. The zero-order chi connectivity index (χ0) is 17.9. The minimum Gasteiger partial charge on any atom is -0.481 e. The van der Waals surface area contributed by atoms with Crippen molar-refractivity contribution in [3.63, 3.8) is 0 Å². The van der Waals surface area contributed by atoms with Crippen LogP contribution in [0.2, 0.25) is 0 Å². The number of hydrogen-bond acceptors (Lipinski definition) is 4. The van der Waals surface area contributed by atoms with Crippen LogP contribution >= 0.6 is 0 Å². The largest absolute Gasteiger partial charge is 0.481 e. The van der Waals surface area contributed by atoms with Gasteiger partial charge in [0.25, 0.3) is 0 Å². The van der Waals surface area contributed by atoms with E-state index in [2.05, 4.69) is 0 Å². The lowest BCUT2D eigenvalue weighted by Gasteiger charge is -2.27. The molecule has 0 aliphatic carbocycles. The number of hydrogen-bond donors (Lipinski definition) is 2. The van der Waals surface area contributed by atoms with E-state index >= 15 is 0 Å². The van der Waals surface area contributed by atoms with Crippen LogP contribution in [0.15, 0.2) is 42.5 Å². The van der Waals surface area contributed by atoms with Crippen LogP contribution in [-0.4, -0.2) is 28.7 Å². The highest BCUT2D eigenvalue weighted by molar-refractivity contribution is 5.92. The van der Waals surface area contributed by atoms with E-state index in [4.69, 9.17) is 15.6 Å². The number of nitrogens with two attached hydrogens (primary N) is 1. The quantitative estimate of drug-likeness (QED) is 0.823. The second-order valence-corrected chi connectivity index (χ2v) is 6.84. The van der Waals surface area contributed by atoms with E-state index in [1.165, 1.54) is 0 Å². The molecule has 1 unspecified atom stereocenters. The number of esters is 1. The summed E-state index contributed by atoms with van der Waals surface area (Å²) in [5.74, 6) is -2.39. The molecule has 24 heavy (non-hydrogen) atoms. The van der Waals surface area contributed by atoms with E-state index in [9.17, 15) is 9.59 Å². The predicted molar refractivity (Wildman–Crippen MR) is 92.8 cm³/mol. The molecule has 0 aromatic heterocycles. The number of fused-ring (bicyclic) bond motifs is 1. The lowest BCUT2D eigenvalue weighted by molar-refractivity contribution is -0.157. The molecule has 0 aliphatic rings. The Balaban J connectivity index is 2.51. The van der Waals surface area contributed by atoms with Crippen LogP contribution < -0.4 is 5.73 Å². The molecule has 2 atom stereocenters. The van der Waals surface area contributed by atoms with Crippen LogP contribution in [0.3, 0.4) is 0 Å². The minimum atomic E-state index is -1.05. The highest BCUT2D eigenvalue weighted by Gasteiger charge is 2.33. The van der Waals surface area contributed by atoms with Crippen molar-refractivity contribution < 1.29 is 19.4 Å². The molecule has 5 heteroatoms. The van der Waals surface area contributed by atoms with Gasteiger partial charge in [-0.3, -0.25) is 9.59 Å². The second kappa shape index (κ2) is 7.01. The van der Waals surface area contributed by atoms with Crippen LogP contribution in [0.25, 0.3) is 10.8 Å². The maximum atomic E-state index is 12.7. The van der Waals surface area contributed by atoms with Gasteiger partial charge in [0.15, 0.2) is 0 Å². The number of ether oxygens (including phenoxy) is 1. The summed E-state index contributed by atoms with van der Waals surface area (Å²) >= 11 is 0. The number of carbonyl (C=O) groups excluding carboxylic acids is 1. The molecule has 5 nitrogen and oxygen atoms in total.